The first kappa shape index (κ1) is 18.1. The van der Waals surface area contributed by atoms with Gasteiger partial charge in [0.15, 0.2) is 5.76 Å². The maximum Gasteiger partial charge on any atom is 0.270 e. The van der Waals surface area contributed by atoms with Crippen LogP contribution >= 0.6 is 0 Å². The van der Waals surface area contributed by atoms with Gasteiger partial charge >= 0.3 is 0 Å². The molecule has 0 radical (unpaired) electrons. The van der Waals surface area contributed by atoms with E-state index in [9.17, 15) is 9.59 Å². The summed E-state index contributed by atoms with van der Waals surface area (Å²) in [7, 11) is 0. The van der Waals surface area contributed by atoms with Crippen LogP contribution in [0, 0.1) is 0 Å². The Labute approximate surface area is 166 Å². The minimum Gasteiger partial charge on any atom is -0.463 e. The first-order valence-electron chi connectivity index (χ1n) is 8.83. The average molecular weight is 384 g/mol. The van der Waals surface area contributed by atoms with Gasteiger partial charge in [-0.1, -0.05) is 24.3 Å². The summed E-state index contributed by atoms with van der Waals surface area (Å²) in [6.45, 7) is 0. The van der Waals surface area contributed by atoms with E-state index < -0.39 is 11.8 Å². The Kier molecular flexibility index (Phi) is 5.11. The predicted octanol–water partition coefficient (Wildman–Crippen LogP) is 3.36. The monoisotopic (exact) mass is 384 g/mol. The van der Waals surface area contributed by atoms with Crippen molar-refractivity contribution in [2.75, 3.05) is 0 Å². The molecular formula is C22H16N4O3. The molecule has 7 nitrogen and oxygen atoms in total. The zero-order valence-electron chi connectivity index (χ0n) is 15.2. The van der Waals surface area contributed by atoms with Crippen molar-refractivity contribution in [3.05, 3.63) is 90.5 Å². The molecule has 0 saturated carbocycles. The molecule has 0 bridgehead atoms. The fourth-order valence-corrected chi connectivity index (χ4v) is 2.79. The third-order valence-electron chi connectivity index (χ3n) is 4.15. The van der Waals surface area contributed by atoms with Crippen molar-refractivity contribution in [1.82, 2.24) is 20.8 Å². The summed E-state index contributed by atoms with van der Waals surface area (Å²) >= 11 is 0. The largest absolute Gasteiger partial charge is 0.463 e. The number of amides is 2. The number of carbonyl (C=O) groups is 2. The number of hydrogen-bond donors (Lipinski definition) is 2. The first-order valence-corrected chi connectivity index (χ1v) is 8.83. The van der Waals surface area contributed by atoms with Crippen molar-refractivity contribution in [3.63, 3.8) is 0 Å². The summed E-state index contributed by atoms with van der Waals surface area (Å²) in [5.74, 6) is -0.375. The molecule has 3 aromatic heterocycles. The van der Waals surface area contributed by atoms with Crippen LogP contribution in [-0.4, -0.2) is 21.8 Å². The van der Waals surface area contributed by atoms with Gasteiger partial charge in [0.1, 0.15) is 5.69 Å². The number of fused-ring (bicyclic) bond motifs is 1. The highest BCUT2D eigenvalue weighted by Gasteiger charge is 2.15. The van der Waals surface area contributed by atoms with Crippen molar-refractivity contribution in [1.29, 1.82) is 0 Å². The van der Waals surface area contributed by atoms with E-state index in [-0.39, 0.29) is 0 Å². The van der Waals surface area contributed by atoms with Gasteiger partial charge in [0, 0.05) is 23.9 Å². The molecule has 2 N–H and O–H groups in total. The Morgan fingerprint density at radius 3 is 2.69 bits per heavy atom. The highest BCUT2D eigenvalue weighted by molar-refractivity contribution is 6.07. The topological polar surface area (TPSA) is 97.1 Å². The van der Waals surface area contributed by atoms with Crippen LogP contribution in [0.4, 0.5) is 0 Å². The van der Waals surface area contributed by atoms with Crippen LogP contribution in [0.5, 0.6) is 0 Å². The minimum atomic E-state index is -0.466. The Hall–Kier alpha value is -4.26. The molecule has 0 unspecified atom stereocenters. The molecule has 0 aliphatic carbocycles. The number of nitrogens with zero attached hydrogens (tertiary/aromatic N) is 2. The molecule has 0 fully saturated rings. The van der Waals surface area contributed by atoms with Gasteiger partial charge in [0.05, 0.1) is 17.3 Å². The SMILES string of the molecule is O=C(/C=C/c1cccnc1)NNC(=O)c1cc(-c2ccco2)nc2ccccc12. The normalized spacial score (nSPS) is 10.9. The maximum atomic E-state index is 12.7. The fraction of sp³-hybridized carbons (Fsp3) is 0. The van der Waals surface area contributed by atoms with Gasteiger partial charge in [-0.25, -0.2) is 4.98 Å². The van der Waals surface area contributed by atoms with Crippen molar-refractivity contribution >= 4 is 28.8 Å². The number of benzene rings is 1. The molecule has 2 amide bonds. The molecule has 142 valence electrons. The lowest BCUT2D eigenvalue weighted by atomic mass is 10.1. The van der Waals surface area contributed by atoms with E-state index in [1.54, 1.807) is 55.1 Å². The molecule has 0 atom stereocenters. The second-order valence-electron chi connectivity index (χ2n) is 6.11. The lowest BCUT2D eigenvalue weighted by Crippen LogP contribution is -2.40. The van der Waals surface area contributed by atoms with E-state index in [2.05, 4.69) is 20.8 Å². The highest BCUT2D eigenvalue weighted by atomic mass is 16.3. The molecule has 1 aromatic carbocycles. The number of rotatable bonds is 4. The second-order valence-corrected chi connectivity index (χ2v) is 6.11. The molecular weight excluding hydrogens is 368 g/mol. The first-order chi connectivity index (χ1) is 14.2. The summed E-state index contributed by atoms with van der Waals surface area (Å²) in [6, 6.07) is 16.0. The van der Waals surface area contributed by atoms with Gasteiger partial charge in [-0.05, 0) is 42.0 Å². The van der Waals surface area contributed by atoms with Crippen molar-refractivity contribution in [2.45, 2.75) is 0 Å². The average Bonchev–Trinajstić information content (AvgIpc) is 3.31. The number of carbonyl (C=O) groups excluding carboxylic acids is 2. The zero-order valence-corrected chi connectivity index (χ0v) is 15.2. The number of hydrazine groups is 1. The van der Waals surface area contributed by atoms with Gasteiger partial charge in [-0.15, -0.1) is 0 Å². The number of para-hydroxylation sites is 1. The third-order valence-corrected chi connectivity index (χ3v) is 4.15. The molecule has 0 saturated heterocycles. The molecule has 4 aromatic rings. The van der Waals surface area contributed by atoms with E-state index >= 15 is 0 Å². The predicted molar refractivity (Wildman–Crippen MR) is 108 cm³/mol. The molecule has 0 aliphatic rings. The Bertz CT molecular complexity index is 1190. The number of furan rings is 1. The molecule has 0 aliphatic heterocycles. The van der Waals surface area contributed by atoms with Gasteiger partial charge in [0.2, 0.25) is 0 Å². The molecule has 4 rings (SSSR count). The van der Waals surface area contributed by atoms with Crippen molar-refractivity contribution < 1.29 is 14.0 Å². The molecule has 7 heteroatoms. The fourth-order valence-electron chi connectivity index (χ4n) is 2.79. The van der Waals surface area contributed by atoms with E-state index in [1.807, 2.05) is 24.3 Å². The Morgan fingerprint density at radius 2 is 1.90 bits per heavy atom. The van der Waals surface area contributed by atoms with Crippen LogP contribution in [0.3, 0.4) is 0 Å². The molecule has 0 spiro atoms. The van der Waals surface area contributed by atoms with E-state index in [4.69, 9.17) is 4.42 Å². The van der Waals surface area contributed by atoms with E-state index in [0.717, 1.165) is 5.56 Å². The lowest BCUT2D eigenvalue weighted by Gasteiger charge is -2.09. The number of aromatic nitrogens is 2. The van der Waals surface area contributed by atoms with Gasteiger partial charge in [-0.2, -0.15) is 0 Å². The van der Waals surface area contributed by atoms with E-state index in [0.29, 0.717) is 27.9 Å². The van der Waals surface area contributed by atoms with Crippen LogP contribution < -0.4 is 10.9 Å². The van der Waals surface area contributed by atoms with Gasteiger partial charge < -0.3 is 4.42 Å². The summed E-state index contributed by atoms with van der Waals surface area (Å²) in [6.07, 6.45) is 7.73. The summed E-state index contributed by atoms with van der Waals surface area (Å²) in [5.41, 5.74) is 7.14. The van der Waals surface area contributed by atoms with Crippen LogP contribution in [-0.2, 0) is 4.79 Å². The highest BCUT2D eigenvalue weighted by Crippen LogP contribution is 2.25. The molecule has 29 heavy (non-hydrogen) atoms. The number of hydrogen-bond acceptors (Lipinski definition) is 5. The smallest absolute Gasteiger partial charge is 0.270 e. The molecule has 3 heterocycles. The van der Waals surface area contributed by atoms with Gasteiger partial charge in [0.25, 0.3) is 11.8 Å². The van der Waals surface area contributed by atoms with Gasteiger partial charge in [-0.3, -0.25) is 25.4 Å². The third kappa shape index (κ3) is 4.19. The minimum absolute atomic E-state index is 0.374. The van der Waals surface area contributed by atoms with Crippen molar-refractivity contribution in [2.24, 2.45) is 0 Å². The van der Waals surface area contributed by atoms with Crippen LogP contribution in [0.2, 0.25) is 0 Å². The summed E-state index contributed by atoms with van der Waals surface area (Å²) in [4.78, 5) is 33.3. The maximum absolute atomic E-state index is 12.7. The zero-order chi connectivity index (χ0) is 20.1. The number of nitrogens with one attached hydrogen (secondary N) is 2. The number of pyridine rings is 2. The second kappa shape index (κ2) is 8.18. The van der Waals surface area contributed by atoms with Crippen molar-refractivity contribution in [3.8, 4) is 11.5 Å². The van der Waals surface area contributed by atoms with Crippen LogP contribution in [0.1, 0.15) is 15.9 Å². The van der Waals surface area contributed by atoms with Crippen LogP contribution in [0.15, 0.2) is 83.7 Å². The van der Waals surface area contributed by atoms with Crippen LogP contribution in [0.25, 0.3) is 28.4 Å². The Morgan fingerprint density at radius 1 is 1.00 bits per heavy atom. The summed E-state index contributed by atoms with van der Waals surface area (Å²) < 4.78 is 5.40. The Balaban J connectivity index is 1.53. The quantitative estimate of drug-likeness (QED) is 0.415. The summed E-state index contributed by atoms with van der Waals surface area (Å²) in [5, 5.41) is 0.667. The van der Waals surface area contributed by atoms with E-state index in [1.165, 1.54) is 6.08 Å². The standard InChI is InChI=1S/C22H16N4O3/c27-21(10-9-15-5-3-11-23-14-15)25-26-22(28)17-13-19(20-8-4-12-29-20)24-18-7-2-1-6-16(17)18/h1-14H,(H,25,27)(H,26,28)/b10-9+. The lowest BCUT2D eigenvalue weighted by molar-refractivity contribution is -0.117.